The average Bonchev–Trinajstić information content (AvgIpc) is 3.13. The highest BCUT2D eigenvalue weighted by molar-refractivity contribution is 7.13. The molecule has 1 heterocycles. The first-order valence-electron chi connectivity index (χ1n) is 8.99. The van der Waals surface area contributed by atoms with Crippen LogP contribution >= 0.6 is 11.3 Å². The van der Waals surface area contributed by atoms with Crippen LogP contribution in [0.1, 0.15) is 19.5 Å². The molecule has 0 spiro atoms. The minimum atomic E-state index is -0.511. The second-order valence-corrected chi connectivity index (χ2v) is 6.73. The Kier molecular flexibility index (Phi) is 6.60. The highest BCUT2D eigenvalue weighted by atomic mass is 32.1. The molecule has 0 atom stereocenters. The number of ether oxygens (including phenoxy) is 2. The molecule has 146 valence electrons. The van der Waals surface area contributed by atoms with Crippen molar-refractivity contribution in [1.82, 2.24) is 4.98 Å². The number of hydrogen-bond acceptors (Lipinski definition) is 5. The predicted octanol–water partition coefficient (Wildman–Crippen LogP) is 4.93. The minimum absolute atomic E-state index is 0.0993. The number of nitrogens with zero attached hydrogens (tertiary/aromatic N) is 1. The van der Waals surface area contributed by atoms with E-state index in [1.165, 1.54) is 23.5 Å². The molecule has 3 rings (SSSR count). The maximum absolute atomic E-state index is 13.9. The molecule has 3 aromatic rings. The lowest BCUT2D eigenvalue weighted by Crippen LogP contribution is -2.14. The van der Waals surface area contributed by atoms with Gasteiger partial charge in [-0.1, -0.05) is 12.1 Å². The largest absolute Gasteiger partial charge is 0.493 e. The Hall–Kier alpha value is -2.93. The first-order chi connectivity index (χ1) is 13.6. The number of halogens is 1. The molecule has 1 N–H and O–H groups in total. The van der Waals surface area contributed by atoms with Gasteiger partial charge in [0.2, 0.25) is 5.91 Å². The molecule has 0 radical (unpaired) electrons. The summed E-state index contributed by atoms with van der Waals surface area (Å²) in [6.45, 7) is 4.65. The van der Waals surface area contributed by atoms with E-state index in [0.717, 1.165) is 16.3 Å². The summed E-state index contributed by atoms with van der Waals surface area (Å²) in [4.78, 5) is 16.8. The highest BCUT2D eigenvalue weighted by Crippen LogP contribution is 2.32. The van der Waals surface area contributed by atoms with Gasteiger partial charge in [-0.2, -0.15) is 0 Å². The van der Waals surface area contributed by atoms with Gasteiger partial charge in [0, 0.05) is 17.1 Å². The van der Waals surface area contributed by atoms with Crippen molar-refractivity contribution in [1.29, 1.82) is 0 Å². The molecule has 7 heteroatoms. The molecule has 0 aliphatic rings. The zero-order valence-electron chi connectivity index (χ0n) is 15.7. The second kappa shape index (κ2) is 9.32. The summed E-state index contributed by atoms with van der Waals surface area (Å²) in [6, 6.07) is 12.0. The average molecular weight is 400 g/mol. The monoisotopic (exact) mass is 400 g/mol. The number of para-hydroxylation sites is 1. The van der Waals surface area contributed by atoms with Gasteiger partial charge in [0.1, 0.15) is 10.8 Å². The smallest absolute Gasteiger partial charge is 0.230 e. The van der Waals surface area contributed by atoms with E-state index in [2.05, 4.69) is 10.3 Å². The molecule has 1 aromatic heterocycles. The van der Waals surface area contributed by atoms with Crippen LogP contribution in [0, 0.1) is 5.82 Å². The fourth-order valence-electron chi connectivity index (χ4n) is 2.66. The van der Waals surface area contributed by atoms with Gasteiger partial charge in [-0.25, -0.2) is 9.37 Å². The molecular formula is C21H21FN2O3S. The Morgan fingerprint density at radius 2 is 1.86 bits per heavy atom. The number of carbonyl (C=O) groups excluding carboxylic acids is 1. The van der Waals surface area contributed by atoms with Crippen LogP contribution in [0.4, 0.5) is 10.1 Å². The van der Waals surface area contributed by atoms with Crippen molar-refractivity contribution >= 4 is 22.9 Å². The molecule has 0 unspecified atom stereocenters. The summed E-state index contributed by atoms with van der Waals surface area (Å²) in [5.41, 5.74) is 1.92. The summed E-state index contributed by atoms with van der Waals surface area (Å²) in [7, 11) is 0. The van der Waals surface area contributed by atoms with Gasteiger partial charge in [0.05, 0.1) is 30.9 Å². The number of rotatable bonds is 8. The topological polar surface area (TPSA) is 60.5 Å². The second-order valence-electron chi connectivity index (χ2n) is 5.88. The van der Waals surface area contributed by atoms with Gasteiger partial charge in [0.15, 0.2) is 11.6 Å². The molecule has 0 saturated heterocycles. The Balaban J connectivity index is 1.67. The van der Waals surface area contributed by atoms with E-state index in [1.807, 2.05) is 36.6 Å². The lowest BCUT2D eigenvalue weighted by atomic mass is 10.2. The third-order valence-corrected chi connectivity index (χ3v) is 4.75. The van der Waals surface area contributed by atoms with Gasteiger partial charge in [-0.05, 0) is 38.1 Å². The van der Waals surface area contributed by atoms with Crippen molar-refractivity contribution in [2.45, 2.75) is 20.3 Å². The van der Waals surface area contributed by atoms with Crippen molar-refractivity contribution in [3.8, 4) is 22.1 Å². The summed E-state index contributed by atoms with van der Waals surface area (Å²) in [5.74, 6) is 0.152. The number of benzene rings is 2. The maximum atomic E-state index is 13.9. The van der Waals surface area contributed by atoms with Crippen molar-refractivity contribution in [2.75, 3.05) is 18.5 Å². The first kappa shape index (κ1) is 19.8. The Labute approximate surface area is 167 Å². The molecule has 5 nitrogen and oxygen atoms in total. The summed E-state index contributed by atoms with van der Waals surface area (Å²) < 4.78 is 24.7. The molecular weight excluding hydrogens is 379 g/mol. The fraction of sp³-hybridized carbons (Fsp3) is 0.238. The Morgan fingerprint density at radius 1 is 1.11 bits per heavy atom. The maximum Gasteiger partial charge on any atom is 0.230 e. The van der Waals surface area contributed by atoms with Crippen LogP contribution in [0.3, 0.4) is 0 Å². The van der Waals surface area contributed by atoms with E-state index >= 15 is 0 Å². The molecule has 0 fully saturated rings. The van der Waals surface area contributed by atoms with E-state index in [9.17, 15) is 9.18 Å². The minimum Gasteiger partial charge on any atom is -0.493 e. The van der Waals surface area contributed by atoms with Crippen LogP contribution in [0.5, 0.6) is 11.5 Å². The SMILES string of the molecule is CCOc1ccc(NC(=O)Cc2csc(-c3ccccc3OCC)n2)cc1F. The molecule has 0 bridgehead atoms. The third-order valence-electron chi connectivity index (χ3n) is 3.83. The first-order valence-corrected chi connectivity index (χ1v) is 9.87. The zero-order valence-corrected chi connectivity index (χ0v) is 16.5. The van der Waals surface area contributed by atoms with Gasteiger partial charge < -0.3 is 14.8 Å². The van der Waals surface area contributed by atoms with E-state index in [4.69, 9.17) is 9.47 Å². The summed E-state index contributed by atoms with van der Waals surface area (Å²) in [5, 5.41) is 5.32. The van der Waals surface area contributed by atoms with Crippen LogP contribution in [-0.4, -0.2) is 24.1 Å². The van der Waals surface area contributed by atoms with Crippen LogP contribution in [0.2, 0.25) is 0 Å². The van der Waals surface area contributed by atoms with E-state index in [0.29, 0.717) is 24.6 Å². The van der Waals surface area contributed by atoms with Gasteiger partial charge >= 0.3 is 0 Å². The lowest BCUT2D eigenvalue weighted by molar-refractivity contribution is -0.115. The van der Waals surface area contributed by atoms with Crippen LogP contribution < -0.4 is 14.8 Å². The standard InChI is InChI=1S/C21H21FN2O3S/c1-3-26-18-8-6-5-7-16(18)21-24-15(13-28-21)12-20(25)23-14-9-10-19(27-4-2)17(22)11-14/h5-11,13H,3-4,12H2,1-2H3,(H,23,25). The predicted molar refractivity (Wildman–Crippen MR) is 109 cm³/mol. The van der Waals surface area contributed by atoms with Gasteiger partial charge in [-0.15, -0.1) is 11.3 Å². The normalized spacial score (nSPS) is 10.5. The highest BCUT2D eigenvalue weighted by Gasteiger charge is 2.13. The van der Waals surface area contributed by atoms with E-state index < -0.39 is 5.82 Å². The molecule has 28 heavy (non-hydrogen) atoms. The Morgan fingerprint density at radius 3 is 2.61 bits per heavy atom. The number of amides is 1. The molecule has 0 aliphatic heterocycles. The van der Waals surface area contributed by atoms with Crippen molar-refractivity contribution in [2.24, 2.45) is 0 Å². The molecule has 0 aliphatic carbocycles. The lowest BCUT2D eigenvalue weighted by Gasteiger charge is -2.08. The number of aromatic nitrogens is 1. The Bertz CT molecular complexity index is 958. The number of hydrogen-bond donors (Lipinski definition) is 1. The van der Waals surface area contributed by atoms with E-state index in [1.54, 1.807) is 13.0 Å². The summed E-state index contributed by atoms with van der Waals surface area (Å²) in [6.07, 6.45) is 0.0993. The number of nitrogens with one attached hydrogen (secondary N) is 1. The van der Waals surface area contributed by atoms with Crippen LogP contribution in [-0.2, 0) is 11.2 Å². The molecule has 1 amide bonds. The van der Waals surface area contributed by atoms with Gasteiger partial charge in [-0.3, -0.25) is 4.79 Å². The molecule has 0 saturated carbocycles. The number of carbonyl (C=O) groups is 1. The van der Waals surface area contributed by atoms with E-state index in [-0.39, 0.29) is 18.1 Å². The third kappa shape index (κ3) is 4.86. The molecule has 2 aromatic carbocycles. The van der Waals surface area contributed by atoms with Crippen molar-refractivity contribution in [3.05, 3.63) is 59.4 Å². The fourth-order valence-corrected chi connectivity index (χ4v) is 3.51. The summed E-state index contributed by atoms with van der Waals surface area (Å²) >= 11 is 1.45. The van der Waals surface area contributed by atoms with Crippen molar-refractivity contribution < 1.29 is 18.7 Å². The zero-order chi connectivity index (χ0) is 19.9. The van der Waals surface area contributed by atoms with Crippen molar-refractivity contribution in [3.63, 3.8) is 0 Å². The van der Waals surface area contributed by atoms with Gasteiger partial charge in [0.25, 0.3) is 0 Å². The quantitative estimate of drug-likeness (QED) is 0.583. The number of anilines is 1. The van der Waals surface area contributed by atoms with Crippen LogP contribution in [0.25, 0.3) is 10.6 Å². The number of thiazole rings is 1. The van der Waals surface area contributed by atoms with Crippen LogP contribution in [0.15, 0.2) is 47.8 Å².